The second-order valence-electron chi connectivity index (χ2n) is 11.3. The highest BCUT2D eigenvalue weighted by molar-refractivity contribution is 7.80. The lowest BCUT2D eigenvalue weighted by atomic mass is 10.0. The summed E-state index contributed by atoms with van der Waals surface area (Å²) in [4.78, 5) is 30.4. The minimum atomic E-state index is -0.418. The molecule has 0 saturated heterocycles. The first-order chi connectivity index (χ1) is 22.4. The SMILES string of the molecule is CCC[C@@H](CN(Cc1cccc2ccccc12)C(=S)NCc1ccccc1)NC(=O)Cc1cncn1Cc1ccc([N+](=O)[O-])cc1. The van der Waals surface area contributed by atoms with E-state index in [-0.39, 0.29) is 24.1 Å². The molecule has 5 aromatic rings. The van der Waals surface area contributed by atoms with Crippen molar-refractivity contribution < 1.29 is 9.72 Å². The summed E-state index contributed by atoms with van der Waals surface area (Å²) < 4.78 is 1.89. The molecule has 4 aromatic carbocycles. The van der Waals surface area contributed by atoms with E-state index in [1.165, 1.54) is 28.5 Å². The Hall–Kier alpha value is -5.09. The first-order valence-corrected chi connectivity index (χ1v) is 15.9. The van der Waals surface area contributed by atoms with E-state index in [0.29, 0.717) is 31.3 Å². The van der Waals surface area contributed by atoms with Crippen molar-refractivity contribution in [2.45, 2.75) is 51.9 Å². The van der Waals surface area contributed by atoms with Gasteiger partial charge in [-0.3, -0.25) is 14.9 Å². The number of nitro groups is 1. The second-order valence-corrected chi connectivity index (χ2v) is 11.7. The normalized spacial score (nSPS) is 11.6. The summed E-state index contributed by atoms with van der Waals surface area (Å²) in [6, 6.07) is 31.1. The van der Waals surface area contributed by atoms with E-state index in [9.17, 15) is 14.9 Å². The van der Waals surface area contributed by atoms with E-state index in [1.807, 2.05) is 28.8 Å². The molecule has 0 bridgehead atoms. The molecule has 0 spiro atoms. The lowest BCUT2D eigenvalue weighted by Gasteiger charge is -2.31. The van der Waals surface area contributed by atoms with Crippen molar-refractivity contribution in [2.24, 2.45) is 0 Å². The first-order valence-electron chi connectivity index (χ1n) is 15.4. The molecule has 5 rings (SSSR count). The van der Waals surface area contributed by atoms with Gasteiger partial charge < -0.3 is 20.1 Å². The number of thiocarbonyl (C=S) groups is 1. The molecule has 2 N–H and O–H groups in total. The Labute approximate surface area is 274 Å². The Bertz CT molecular complexity index is 1770. The fraction of sp³-hybridized carbons (Fsp3) is 0.250. The summed E-state index contributed by atoms with van der Waals surface area (Å²) in [5.74, 6) is -0.0998. The predicted molar refractivity (Wildman–Crippen MR) is 185 cm³/mol. The van der Waals surface area contributed by atoms with Crippen LogP contribution in [0.3, 0.4) is 0 Å². The molecule has 1 aromatic heterocycles. The molecule has 0 fully saturated rings. The van der Waals surface area contributed by atoms with Crippen LogP contribution in [0.5, 0.6) is 0 Å². The largest absolute Gasteiger partial charge is 0.358 e. The number of aromatic nitrogens is 2. The van der Waals surface area contributed by atoms with Crippen LogP contribution in [0.1, 0.15) is 42.1 Å². The summed E-state index contributed by atoms with van der Waals surface area (Å²) in [6.45, 7) is 4.32. The molecule has 0 unspecified atom stereocenters. The fourth-order valence-electron chi connectivity index (χ4n) is 5.56. The lowest BCUT2D eigenvalue weighted by Crippen LogP contribution is -2.48. The quantitative estimate of drug-likeness (QED) is 0.0828. The standard InChI is InChI=1S/C36H38N6O3S/c1-2-9-31(39-35(43)20-33-22-37-26-41(33)23-28-16-18-32(19-17-28)42(44)45)25-40(36(46)38-21-27-10-4-3-5-11-27)24-30-14-8-13-29-12-6-7-15-34(29)30/h3-8,10-19,22,26,31H,2,9,20-21,23-25H2,1H3,(H,38,46)(H,39,43)/t31-/m0/s1. The minimum absolute atomic E-state index is 0.0418. The number of non-ortho nitro benzene ring substituents is 1. The zero-order valence-electron chi connectivity index (χ0n) is 25.8. The van der Waals surface area contributed by atoms with Gasteiger partial charge in [0.2, 0.25) is 5.91 Å². The number of hydrogen-bond donors (Lipinski definition) is 2. The third-order valence-electron chi connectivity index (χ3n) is 7.90. The maximum Gasteiger partial charge on any atom is 0.269 e. The van der Waals surface area contributed by atoms with Crippen LogP contribution < -0.4 is 10.6 Å². The van der Waals surface area contributed by atoms with E-state index < -0.39 is 4.92 Å². The van der Waals surface area contributed by atoms with Gasteiger partial charge in [0, 0.05) is 56.2 Å². The number of nitrogens with zero attached hydrogens (tertiary/aromatic N) is 4. The van der Waals surface area contributed by atoms with Crippen molar-refractivity contribution in [1.82, 2.24) is 25.1 Å². The number of amides is 1. The fourth-order valence-corrected chi connectivity index (χ4v) is 5.78. The van der Waals surface area contributed by atoms with Crippen LogP contribution in [-0.2, 0) is 30.8 Å². The van der Waals surface area contributed by atoms with Gasteiger partial charge in [0.25, 0.3) is 5.69 Å². The van der Waals surface area contributed by atoms with Crippen molar-refractivity contribution in [2.75, 3.05) is 6.54 Å². The third kappa shape index (κ3) is 8.76. The van der Waals surface area contributed by atoms with Gasteiger partial charge in [0.05, 0.1) is 17.7 Å². The average Bonchev–Trinajstić information content (AvgIpc) is 3.50. The van der Waals surface area contributed by atoms with Gasteiger partial charge in [-0.05, 0) is 46.1 Å². The van der Waals surface area contributed by atoms with Crippen molar-refractivity contribution in [1.29, 1.82) is 0 Å². The van der Waals surface area contributed by atoms with E-state index >= 15 is 0 Å². The number of imidazole rings is 1. The number of benzene rings is 4. The monoisotopic (exact) mass is 634 g/mol. The van der Waals surface area contributed by atoms with E-state index in [0.717, 1.165) is 29.7 Å². The molecule has 1 amide bonds. The summed E-state index contributed by atoms with van der Waals surface area (Å²) in [5, 5.41) is 20.7. The third-order valence-corrected chi connectivity index (χ3v) is 8.30. The molecule has 1 atom stereocenters. The van der Waals surface area contributed by atoms with Crippen LogP contribution in [0, 0.1) is 10.1 Å². The highest BCUT2D eigenvalue weighted by Gasteiger charge is 2.20. The Kier molecular flexibility index (Phi) is 11.1. The summed E-state index contributed by atoms with van der Waals surface area (Å²) >= 11 is 5.96. The van der Waals surface area contributed by atoms with Crippen molar-refractivity contribution in [3.63, 3.8) is 0 Å². The van der Waals surface area contributed by atoms with Gasteiger partial charge in [-0.15, -0.1) is 0 Å². The molecule has 0 radical (unpaired) electrons. The number of nitrogens with one attached hydrogen (secondary N) is 2. The number of carbonyl (C=O) groups is 1. The average molecular weight is 635 g/mol. The summed E-state index contributed by atoms with van der Waals surface area (Å²) in [6.07, 6.45) is 5.22. The number of rotatable bonds is 14. The molecule has 46 heavy (non-hydrogen) atoms. The smallest absolute Gasteiger partial charge is 0.269 e. The van der Waals surface area contributed by atoms with Gasteiger partial charge >= 0.3 is 0 Å². The number of nitro benzene ring substituents is 1. The molecule has 0 aliphatic heterocycles. The lowest BCUT2D eigenvalue weighted by molar-refractivity contribution is -0.384. The van der Waals surface area contributed by atoms with Crippen molar-refractivity contribution in [3.05, 3.63) is 142 Å². The summed E-state index contributed by atoms with van der Waals surface area (Å²) in [7, 11) is 0. The van der Waals surface area contributed by atoms with E-state index in [4.69, 9.17) is 12.2 Å². The van der Waals surface area contributed by atoms with Crippen LogP contribution in [0.25, 0.3) is 10.8 Å². The number of carbonyl (C=O) groups excluding carboxylic acids is 1. The van der Waals surface area contributed by atoms with Gasteiger partial charge in [-0.1, -0.05) is 98.3 Å². The zero-order valence-corrected chi connectivity index (χ0v) is 26.7. The Morgan fingerprint density at radius 2 is 1.72 bits per heavy atom. The Morgan fingerprint density at radius 3 is 2.48 bits per heavy atom. The highest BCUT2D eigenvalue weighted by atomic mass is 32.1. The maximum absolute atomic E-state index is 13.4. The molecule has 236 valence electrons. The van der Waals surface area contributed by atoms with Crippen LogP contribution in [0.15, 0.2) is 110 Å². The van der Waals surface area contributed by atoms with Crippen LogP contribution >= 0.6 is 12.2 Å². The minimum Gasteiger partial charge on any atom is -0.358 e. The first kappa shape index (κ1) is 32.3. The second kappa shape index (κ2) is 15.8. The molecular weight excluding hydrogens is 597 g/mol. The van der Waals surface area contributed by atoms with Gasteiger partial charge in [-0.25, -0.2) is 4.98 Å². The molecular formula is C36H38N6O3S. The van der Waals surface area contributed by atoms with E-state index in [1.54, 1.807) is 24.7 Å². The zero-order chi connectivity index (χ0) is 32.3. The van der Waals surface area contributed by atoms with Crippen LogP contribution in [0.4, 0.5) is 5.69 Å². The molecule has 10 heteroatoms. The van der Waals surface area contributed by atoms with Gasteiger partial charge in [0.1, 0.15) is 0 Å². The topological polar surface area (TPSA) is 105 Å². The number of fused-ring (bicyclic) bond motifs is 1. The predicted octanol–water partition coefficient (Wildman–Crippen LogP) is 6.40. The van der Waals surface area contributed by atoms with Crippen LogP contribution in [-0.4, -0.2) is 43.0 Å². The Balaban J connectivity index is 1.29. The molecule has 0 aliphatic carbocycles. The molecule has 0 aliphatic rings. The molecule has 1 heterocycles. The van der Waals surface area contributed by atoms with Gasteiger partial charge in [-0.2, -0.15) is 0 Å². The maximum atomic E-state index is 13.4. The van der Waals surface area contributed by atoms with Crippen LogP contribution in [0.2, 0.25) is 0 Å². The van der Waals surface area contributed by atoms with Crippen molar-refractivity contribution >= 4 is 39.7 Å². The van der Waals surface area contributed by atoms with Gasteiger partial charge in [0.15, 0.2) is 5.11 Å². The molecule has 0 saturated carbocycles. The van der Waals surface area contributed by atoms with E-state index in [2.05, 4.69) is 76.0 Å². The highest BCUT2D eigenvalue weighted by Crippen LogP contribution is 2.21. The Morgan fingerprint density at radius 1 is 0.978 bits per heavy atom. The summed E-state index contributed by atoms with van der Waals surface area (Å²) in [5.41, 5.74) is 3.99. The molecule has 9 nitrogen and oxygen atoms in total. The number of hydrogen-bond acceptors (Lipinski definition) is 5. The van der Waals surface area contributed by atoms with Crippen molar-refractivity contribution in [3.8, 4) is 0 Å².